The van der Waals surface area contributed by atoms with Crippen LogP contribution in [0.3, 0.4) is 0 Å². The number of hydrogen-bond acceptors (Lipinski definition) is 2. The lowest BCUT2D eigenvalue weighted by atomic mass is 10.0. The predicted molar refractivity (Wildman–Crippen MR) is 51.8 cm³/mol. The van der Waals surface area contributed by atoms with Crippen molar-refractivity contribution >= 4 is 5.97 Å². The Morgan fingerprint density at radius 2 is 2.29 bits per heavy atom. The number of benzene rings is 1. The van der Waals surface area contributed by atoms with Crippen LogP contribution >= 0.6 is 0 Å². The van der Waals surface area contributed by atoms with Gasteiger partial charge in [0, 0.05) is 17.9 Å². The van der Waals surface area contributed by atoms with E-state index in [1.807, 2.05) is 30.3 Å². The summed E-state index contributed by atoms with van der Waals surface area (Å²) in [6, 6.07) is 7.61. The van der Waals surface area contributed by atoms with Crippen LogP contribution in [0.1, 0.15) is 22.3 Å². The first-order valence-electron chi connectivity index (χ1n) is 4.73. The van der Waals surface area contributed by atoms with Crippen LogP contribution in [0.25, 0.3) is 0 Å². The molecule has 0 aromatic heterocycles. The Kier molecular flexibility index (Phi) is 1.26. The monoisotopic (exact) mass is 186 g/mol. The molecule has 1 heterocycles. The van der Waals surface area contributed by atoms with Crippen LogP contribution in [-0.4, -0.2) is 5.97 Å². The Balaban J connectivity index is 2.16. The number of fused-ring (bicyclic) bond motifs is 2. The van der Waals surface area contributed by atoms with E-state index in [1.165, 1.54) is 0 Å². The standard InChI is InChI=1S/C12H10O2/c1-2-8-7-12(8)10-6-4-3-5-9(10)11(13)14-12/h2-6,8H,1,7H2. The molecular formula is C12H10O2. The highest BCUT2D eigenvalue weighted by molar-refractivity contribution is 5.95. The second kappa shape index (κ2) is 2.27. The van der Waals surface area contributed by atoms with Gasteiger partial charge in [-0.2, -0.15) is 0 Å². The molecule has 1 saturated carbocycles. The molecule has 70 valence electrons. The fourth-order valence-electron chi connectivity index (χ4n) is 2.27. The van der Waals surface area contributed by atoms with Gasteiger partial charge in [0.25, 0.3) is 0 Å². The first-order chi connectivity index (χ1) is 6.78. The summed E-state index contributed by atoms with van der Waals surface area (Å²) in [4.78, 5) is 11.5. The summed E-state index contributed by atoms with van der Waals surface area (Å²) in [5.41, 5.74) is 1.40. The van der Waals surface area contributed by atoms with E-state index in [2.05, 4.69) is 6.58 Å². The van der Waals surface area contributed by atoms with E-state index in [0.29, 0.717) is 5.92 Å². The van der Waals surface area contributed by atoms with E-state index in [4.69, 9.17) is 4.74 Å². The third-order valence-corrected chi connectivity index (χ3v) is 3.12. The van der Waals surface area contributed by atoms with Gasteiger partial charge in [-0.25, -0.2) is 4.79 Å². The van der Waals surface area contributed by atoms with E-state index in [1.54, 1.807) is 0 Å². The highest BCUT2D eigenvalue weighted by Crippen LogP contribution is 2.59. The van der Waals surface area contributed by atoms with E-state index >= 15 is 0 Å². The van der Waals surface area contributed by atoms with Gasteiger partial charge in [0.15, 0.2) is 0 Å². The maximum Gasteiger partial charge on any atom is 0.339 e. The third kappa shape index (κ3) is 0.739. The fourth-order valence-corrected chi connectivity index (χ4v) is 2.27. The van der Waals surface area contributed by atoms with E-state index in [9.17, 15) is 4.79 Å². The average Bonchev–Trinajstić information content (AvgIpc) is 2.84. The van der Waals surface area contributed by atoms with Crippen LogP contribution in [0.2, 0.25) is 0 Å². The number of ether oxygens (including phenoxy) is 1. The SMILES string of the molecule is C=CC1CC12OC(=O)c1ccccc12. The maximum atomic E-state index is 11.5. The zero-order valence-electron chi connectivity index (χ0n) is 7.69. The van der Waals surface area contributed by atoms with Gasteiger partial charge in [-0.05, 0) is 6.07 Å². The third-order valence-electron chi connectivity index (χ3n) is 3.12. The number of rotatable bonds is 1. The van der Waals surface area contributed by atoms with Crippen LogP contribution in [-0.2, 0) is 10.3 Å². The number of hydrogen-bond donors (Lipinski definition) is 0. The van der Waals surface area contributed by atoms with Gasteiger partial charge in [0.1, 0.15) is 5.60 Å². The molecule has 2 aliphatic rings. The molecule has 0 radical (unpaired) electrons. The lowest BCUT2D eigenvalue weighted by Crippen LogP contribution is -2.08. The minimum Gasteiger partial charge on any atom is -0.450 e. The summed E-state index contributed by atoms with van der Waals surface area (Å²) < 4.78 is 5.42. The topological polar surface area (TPSA) is 26.3 Å². The summed E-state index contributed by atoms with van der Waals surface area (Å²) >= 11 is 0. The molecule has 1 spiro atoms. The first kappa shape index (κ1) is 7.80. The van der Waals surface area contributed by atoms with Gasteiger partial charge in [-0.3, -0.25) is 0 Å². The summed E-state index contributed by atoms with van der Waals surface area (Å²) in [5, 5.41) is 0. The second-order valence-corrected chi connectivity index (χ2v) is 3.87. The van der Waals surface area contributed by atoms with E-state index in [0.717, 1.165) is 17.5 Å². The van der Waals surface area contributed by atoms with Gasteiger partial charge in [0.2, 0.25) is 0 Å². The van der Waals surface area contributed by atoms with Crippen molar-refractivity contribution in [3.8, 4) is 0 Å². The van der Waals surface area contributed by atoms with E-state index < -0.39 is 0 Å². The van der Waals surface area contributed by atoms with E-state index in [-0.39, 0.29) is 11.6 Å². The molecule has 1 aliphatic heterocycles. The lowest BCUT2D eigenvalue weighted by molar-refractivity contribution is 0.0288. The zero-order valence-corrected chi connectivity index (χ0v) is 7.69. The van der Waals surface area contributed by atoms with Gasteiger partial charge in [-0.1, -0.05) is 24.3 Å². The largest absolute Gasteiger partial charge is 0.450 e. The molecular weight excluding hydrogens is 176 g/mol. The van der Waals surface area contributed by atoms with Crippen molar-refractivity contribution in [2.24, 2.45) is 5.92 Å². The number of carbonyl (C=O) groups is 1. The molecule has 1 aliphatic carbocycles. The van der Waals surface area contributed by atoms with Crippen LogP contribution in [0.5, 0.6) is 0 Å². The highest BCUT2D eigenvalue weighted by Gasteiger charge is 2.62. The highest BCUT2D eigenvalue weighted by atomic mass is 16.6. The minimum atomic E-state index is -0.352. The molecule has 3 rings (SSSR count). The summed E-state index contributed by atoms with van der Waals surface area (Å²) in [7, 11) is 0. The lowest BCUT2D eigenvalue weighted by Gasteiger charge is -2.07. The van der Waals surface area contributed by atoms with Gasteiger partial charge < -0.3 is 4.74 Å². The molecule has 1 aromatic carbocycles. The Morgan fingerprint density at radius 1 is 1.50 bits per heavy atom. The zero-order chi connectivity index (χ0) is 9.76. The maximum absolute atomic E-state index is 11.5. The van der Waals surface area contributed by atoms with Crippen molar-refractivity contribution in [2.45, 2.75) is 12.0 Å². The van der Waals surface area contributed by atoms with Crippen molar-refractivity contribution in [3.05, 3.63) is 48.0 Å². The molecule has 2 nitrogen and oxygen atoms in total. The molecule has 2 atom stereocenters. The van der Waals surface area contributed by atoms with Gasteiger partial charge in [-0.15, -0.1) is 6.58 Å². The molecule has 2 unspecified atom stereocenters. The fraction of sp³-hybridized carbons (Fsp3) is 0.250. The smallest absolute Gasteiger partial charge is 0.339 e. The summed E-state index contributed by atoms with van der Waals surface area (Å²) in [6.45, 7) is 3.75. The predicted octanol–water partition coefficient (Wildman–Crippen LogP) is 2.26. The Hall–Kier alpha value is -1.57. The van der Waals surface area contributed by atoms with Crippen LogP contribution < -0.4 is 0 Å². The normalized spacial score (nSPS) is 32.6. The Bertz CT molecular complexity index is 436. The van der Waals surface area contributed by atoms with Crippen LogP contribution in [0, 0.1) is 5.92 Å². The van der Waals surface area contributed by atoms with Crippen molar-refractivity contribution in [1.29, 1.82) is 0 Å². The molecule has 1 aromatic rings. The molecule has 2 heteroatoms. The number of carbonyl (C=O) groups excluding carboxylic acids is 1. The van der Waals surface area contributed by atoms with Gasteiger partial charge >= 0.3 is 5.97 Å². The Labute approximate surface area is 82.2 Å². The van der Waals surface area contributed by atoms with Crippen molar-refractivity contribution in [3.63, 3.8) is 0 Å². The second-order valence-electron chi connectivity index (χ2n) is 3.87. The minimum absolute atomic E-state index is 0.190. The molecule has 0 N–H and O–H groups in total. The quantitative estimate of drug-likeness (QED) is 0.496. The van der Waals surface area contributed by atoms with Crippen molar-refractivity contribution in [1.82, 2.24) is 0 Å². The molecule has 0 saturated heterocycles. The van der Waals surface area contributed by atoms with Crippen LogP contribution in [0.4, 0.5) is 0 Å². The molecule has 14 heavy (non-hydrogen) atoms. The van der Waals surface area contributed by atoms with Gasteiger partial charge in [0.05, 0.1) is 5.56 Å². The first-order valence-corrected chi connectivity index (χ1v) is 4.73. The van der Waals surface area contributed by atoms with Crippen molar-refractivity contribution in [2.75, 3.05) is 0 Å². The summed E-state index contributed by atoms with van der Waals surface area (Å²) in [5.74, 6) is 0.111. The molecule has 0 bridgehead atoms. The Morgan fingerprint density at radius 3 is 3.00 bits per heavy atom. The molecule has 1 fully saturated rings. The number of esters is 1. The average molecular weight is 186 g/mol. The summed E-state index contributed by atoms with van der Waals surface area (Å²) in [6.07, 6.45) is 2.76. The van der Waals surface area contributed by atoms with Crippen LogP contribution in [0.15, 0.2) is 36.9 Å². The van der Waals surface area contributed by atoms with Crippen molar-refractivity contribution < 1.29 is 9.53 Å². The molecule has 0 amide bonds.